The van der Waals surface area contributed by atoms with Crippen molar-refractivity contribution in [2.75, 3.05) is 0 Å². The SMILES string of the molecule is CCCC=CCCc1ccc(C#Cc2ccc(CC)cc2)cc1. The lowest BCUT2D eigenvalue weighted by Crippen LogP contribution is -1.84. The van der Waals surface area contributed by atoms with E-state index in [1.807, 2.05) is 0 Å². The molecule has 0 aromatic heterocycles. The van der Waals surface area contributed by atoms with Gasteiger partial charge in [0.05, 0.1) is 0 Å². The van der Waals surface area contributed by atoms with Crippen LogP contribution in [-0.4, -0.2) is 0 Å². The van der Waals surface area contributed by atoms with Crippen molar-refractivity contribution in [1.29, 1.82) is 0 Å². The Hall–Kier alpha value is -2.26. The van der Waals surface area contributed by atoms with Crippen molar-refractivity contribution >= 4 is 0 Å². The van der Waals surface area contributed by atoms with Gasteiger partial charge >= 0.3 is 0 Å². The fourth-order valence-corrected chi connectivity index (χ4v) is 2.38. The van der Waals surface area contributed by atoms with E-state index in [2.05, 4.69) is 86.4 Å². The Morgan fingerprint density at radius 1 is 0.696 bits per heavy atom. The highest BCUT2D eigenvalue weighted by molar-refractivity contribution is 5.44. The molecule has 0 radical (unpaired) electrons. The van der Waals surface area contributed by atoms with Crippen LogP contribution in [0.5, 0.6) is 0 Å². The van der Waals surface area contributed by atoms with Gasteiger partial charge in [0.25, 0.3) is 0 Å². The second-order valence-corrected chi connectivity index (χ2v) is 5.80. The van der Waals surface area contributed by atoms with Crippen LogP contribution in [0.2, 0.25) is 0 Å². The molecule has 0 amide bonds. The second-order valence-electron chi connectivity index (χ2n) is 5.80. The summed E-state index contributed by atoms with van der Waals surface area (Å²) in [6, 6.07) is 17.1. The summed E-state index contributed by atoms with van der Waals surface area (Å²) >= 11 is 0. The first-order valence-electron chi connectivity index (χ1n) is 8.66. The van der Waals surface area contributed by atoms with Crippen molar-refractivity contribution in [3.63, 3.8) is 0 Å². The summed E-state index contributed by atoms with van der Waals surface area (Å²) in [5, 5.41) is 0. The minimum absolute atomic E-state index is 1.07. The van der Waals surface area contributed by atoms with Crippen molar-refractivity contribution in [3.05, 3.63) is 82.9 Å². The summed E-state index contributed by atoms with van der Waals surface area (Å²) in [6.45, 7) is 4.38. The topological polar surface area (TPSA) is 0 Å². The van der Waals surface area contributed by atoms with Crippen LogP contribution in [0.1, 0.15) is 55.4 Å². The fraction of sp³-hybridized carbons (Fsp3) is 0.304. The predicted octanol–water partition coefficient (Wildman–Crippen LogP) is 5.94. The molecule has 0 nitrogen and oxygen atoms in total. The van der Waals surface area contributed by atoms with Gasteiger partial charge in [-0.05, 0) is 61.1 Å². The highest BCUT2D eigenvalue weighted by Crippen LogP contribution is 2.08. The molecular formula is C23H26. The molecule has 23 heavy (non-hydrogen) atoms. The first-order valence-corrected chi connectivity index (χ1v) is 8.66. The van der Waals surface area contributed by atoms with Crippen LogP contribution in [0.15, 0.2) is 60.7 Å². The summed E-state index contributed by atoms with van der Waals surface area (Å²) in [5.74, 6) is 6.48. The molecule has 2 aromatic carbocycles. The molecule has 0 heterocycles. The molecule has 0 spiro atoms. The zero-order valence-corrected chi connectivity index (χ0v) is 14.3. The third-order valence-electron chi connectivity index (χ3n) is 3.89. The smallest absolute Gasteiger partial charge is 0.0249 e. The Balaban J connectivity index is 1.90. The van der Waals surface area contributed by atoms with E-state index in [1.165, 1.54) is 24.0 Å². The lowest BCUT2D eigenvalue weighted by Gasteiger charge is -1.99. The standard InChI is InChI=1S/C23H26/c1-3-5-6-7-8-9-21-14-16-23(17-15-21)19-18-22-12-10-20(4-2)11-13-22/h6-7,10-17H,3-5,8-9H2,1-2H3. The molecule has 0 saturated carbocycles. The first-order chi connectivity index (χ1) is 11.3. The molecule has 0 aliphatic rings. The molecular weight excluding hydrogens is 276 g/mol. The number of hydrogen-bond acceptors (Lipinski definition) is 0. The predicted molar refractivity (Wildman–Crippen MR) is 101 cm³/mol. The van der Waals surface area contributed by atoms with Crippen LogP contribution < -0.4 is 0 Å². The Kier molecular flexibility index (Phi) is 7.21. The van der Waals surface area contributed by atoms with Crippen LogP contribution in [0.25, 0.3) is 0 Å². The molecule has 2 aromatic rings. The van der Waals surface area contributed by atoms with Crippen molar-refractivity contribution in [2.24, 2.45) is 0 Å². The van der Waals surface area contributed by atoms with Gasteiger partial charge in [0.2, 0.25) is 0 Å². The van der Waals surface area contributed by atoms with E-state index in [-0.39, 0.29) is 0 Å². The van der Waals surface area contributed by atoms with E-state index in [9.17, 15) is 0 Å². The molecule has 0 heteroatoms. The minimum atomic E-state index is 1.07. The third kappa shape index (κ3) is 6.17. The number of hydrogen-bond donors (Lipinski definition) is 0. The van der Waals surface area contributed by atoms with E-state index < -0.39 is 0 Å². The lowest BCUT2D eigenvalue weighted by molar-refractivity contribution is 0.936. The molecule has 2 rings (SSSR count). The molecule has 0 bridgehead atoms. The van der Waals surface area contributed by atoms with Gasteiger partial charge in [-0.1, -0.05) is 68.5 Å². The highest BCUT2D eigenvalue weighted by atomic mass is 14.0. The van der Waals surface area contributed by atoms with Gasteiger partial charge in [-0.15, -0.1) is 0 Å². The summed E-state index contributed by atoms with van der Waals surface area (Å²) in [5.41, 5.74) is 4.89. The van der Waals surface area contributed by atoms with Gasteiger partial charge in [0, 0.05) is 11.1 Å². The molecule has 0 atom stereocenters. The Morgan fingerprint density at radius 2 is 1.22 bits per heavy atom. The van der Waals surface area contributed by atoms with E-state index in [1.54, 1.807) is 0 Å². The summed E-state index contributed by atoms with van der Waals surface area (Å²) in [4.78, 5) is 0. The molecule has 118 valence electrons. The fourth-order valence-electron chi connectivity index (χ4n) is 2.38. The second kappa shape index (κ2) is 9.70. The summed E-state index contributed by atoms with van der Waals surface area (Å²) < 4.78 is 0. The van der Waals surface area contributed by atoms with Crippen LogP contribution >= 0.6 is 0 Å². The largest absolute Gasteiger partial charge is 0.0885 e. The van der Waals surface area contributed by atoms with Crippen LogP contribution in [-0.2, 0) is 12.8 Å². The lowest BCUT2D eigenvalue weighted by atomic mass is 10.1. The van der Waals surface area contributed by atoms with Gasteiger partial charge in [0.15, 0.2) is 0 Å². The monoisotopic (exact) mass is 302 g/mol. The molecule has 0 aliphatic carbocycles. The quantitative estimate of drug-likeness (QED) is 0.458. The maximum Gasteiger partial charge on any atom is 0.0249 e. The number of aryl methyl sites for hydroxylation is 2. The average Bonchev–Trinajstić information content (AvgIpc) is 2.61. The van der Waals surface area contributed by atoms with Gasteiger partial charge in [-0.3, -0.25) is 0 Å². The molecule has 0 fully saturated rings. The van der Waals surface area contributed by atoms with E-state index >= 15 is 0 Å². The Morgan fingerprint density at radius 3 is 1.74 bits per heavy atom. The number of rotatable bonds is 6. The van der Waals surface area contributed by atoms with Crippen molar-refractivity contribution in [3.8, 4) is 11.8 Å². The first kappa shape index (κ1) is 17.1. The van der Waals surface area contributed by atoms with E-state index in [0.717, 1.165) is 30.4 Å². The van der Waals surface area contributed by atoms with E-state index in [4.69, 9.17) is 0 Å². The molecule has 0 aliphatic heterocycles. The third-order valence-corrected chi connectivity index (χ3v) is 3.89. The maximum absolute atomic E-state index is 3.25. The minimum Gasteiger partial charge on any atom is -0.0885 e. The summed E-state index contributed by atoms with van der Waals surface area (Å²) in [7, 11) is 0. The van der Waals surface area contributed by atoms with Crippen LogP contribution in [0.3, 0.4) is 0 Å². The number of allylic oxidation sites excluding steroid dienone is 2. The van der Waals surface area contributed by atoms with Gasteiger partial charge in [-0.2, -0.15) is 0 Å². The van der Waals surface area contributed by atoms with E-state index in [0.29, 0.717) is 0 Å². The average molecular weight is 302 g/mol. The van der Waals surface area contributed by atoms with Crippen LogP contribution in [0.4, 0.5) is 0 Å². The Labute approximate surface area is 141 Å². The number of unbranched alkanes of at least 4 members (excludes halogenated alkanes) is 1. The van der Waals surface area contributed by atoms with Crippen molar-refractivity contribution < 1.29 is 0 Å². The Bertz CT molecular complexity index is 661. The zero-order valence-electron chi connectivity index (χ0n) is 14.3. The van der Waals surface area contributed by atoms with Crippen molar-refractivity contribution in [2.45, 2.75) is 46.0 Å². The van der Waals surface area contributed by atoms with Crippen LogP contribution in [0, 0.1) is 11.8 Å². The molecule has 0 saturated heterocycles. The van der Waals surface area contributed by atoms with Crippen molar-refractivity contribution in [1.82, 2.24) is 0 Å². The zero-order chi connectivity index (χ0) is 16.3. The van der Waals surface area contributed by atoms with Gasteiger partial charge < -0.3 is 0 Å². The highest BCUT2D eigenvalue weighted by Gasteiger charge is 1.93. The number of benzene rings is 2. The van der Waals surface area contributed by atoms with Gasteiger partial charge in [0.1, 0.15) is 0 Å². The van der Waals surface area contributed by atoms with Gasteiger partial charge in [-0.25, -0.2) is 0 Å². The molecule has 0 N–H and O–H groups in total. The maximum atomic E-state index is 3.25. The summed E-state index contributed by atoms with van der Waals surface area (Å²) in [6.07, 6.45) is 10.3. The normalized spacial score (nSPS) is 10.5. The molecule has 0 unspecified atom stereocenters.